The van der Waals surface area contributed by atoms with Crippen molar-refractivity contribution in [1.82, 2.24) is 36.6 Å². The lowest BCUT2D eigenvalue weighted by Gasteiger charge is -2.18. The molecule has 0 saturated carbocycles. The molecule has 0 fully saturated rings. The first kappa shape index (κ1) is 28.3. The number of aromatic nitrogens is 4. The number of nitrogens with one attached hydrogen (secondary N) is 4. The molecule has 4 aromatic rings. The Morgan fingerprint density at radius 1 is 0.950 bits per heavy atom. The molecule has 2 aromatic carbocycles. The van der Waals surface area contributed by atoms with E-state index in [0.29, 0.717) is 37.3 Å². The second-order valence-electron chi connectivity index (χ2n) is 9.22. The predicted molar refractivity (Wildman–Crippen MR) is 146 cm³/mol. The summed E-state index contributed by atoms with van der Waals surface area (Å²) in [5, 5.41) is 23.0. The number of amides is 3. The van der Waals surface area contributed by atoms with E-state index in [9.17, 15) is 14.4 Å². The third-order valence-corrected chi connectivity index (χ3v) is 6.19. The van der Waals surface area contributed by atoms with Gasteiger partial charge in [0.25, 0.3) is 5.91 Å². The zero-order valence-electron chi connectivity index (χ0n) is 22.1. The summed E-state index contributed by atoms with van der Waals surface area (Å²) in [5.41, 5.74) is 1.55. The van der Waals surface area contributed by atoms with Gasteiger partial charge in [0, 0.05) is 24.9 Å². The summed E-state index contributed by atoms with van der Waals surface area (Å²) >= 11 is 0. The summed E-state index contributed by atoms with van der Waals surface area (Å²) in [5.74, 6) is -0.0143. The molecule has 0 aliphatic heterocycles. The maximum Gasteiger partial charge on any atom is 0.407 e. The molecule has 12 heteroatoms. The molecule has 12 nitrogen and oxygen atoms in total. The fourth-order valence-corrected chi connectivity index (χ4v) is 4.07. The Bertz CT molecular complexity index is 1320. The number of hydrogen-bond acceptors (Lipinski definition) is 8. The number of carbonyl (C=O) groups is 3. The highest BCUT2D eigenvalue weighted by molar-refractivity contribution is 5.98. The summed E-state index contributed by atoms with van der Waals surface area (Å²) in [6, 6.07) is 17.6. The van der Waals surface area contributed by atoms with Crippen LogP contribution in [0, 0.1) is 0 Å². The van der Waals surface area contributed by atoms with Crippen LogP contribution >= 0.6 is 0 Å². The molecule has 0 aliphatic rings. The summed E-state index contributed by atoms with van der Waals surface area (Å²) in [7, 11) is 0. The molecule has 0 spiro atoms. The molecule has 0 aliphatic carbocycles. The van der Waals surface area contributed by atoms with E-state index < -0.39 is 18.0 Å². The van der Waals surface area contributed by atoms with Crippen molar-refractivity contribution in [3.63, 3.8) is 0 Å². The number of benzene rings is 2. The molecule has 0 unspecified atom stereocenters. The number of ether oxygens (including phenoxy) is 1. The summed E-state index contributed by atoms with van der Waals surface area (Å²) in [4.78, 5) is 37.9. The first-order valence-corrected chi connectivity index (χ1v) is 13.3. The van der Waals surface area contributed by atoms with Gasteiger partial charge >= 0.3 is 6.09 Å². The van der Waals surface area contributed by atoms with Gasteiger partial charge in [-0.3, -0.25) is 9.59 Å². The van der Waals surface area contributed by atoms with E-state index in [4.69, 9.17) is 9.15 Å². The smallest absolute Gasteiger partial charge is 0.407 e. The van der Waals surface area contributed by atoms with Crippen molar-refractivity contribution in [3.8, 4) is 0 Å². The highest BCUT2D eigenvalue weighted by Gasteiger charge is 2.23. The molecular weight excluding hydrogens is 514 g/mol. The molecule has 1 atom stereocenters. The number of aromatic amines is 1. The zero-order valence-corrected chi connectivity index (χ0v) is 22.1. The largest absolute Gasteiger partial charge is 0.451 e. The normalized spacial score (nSPS) is 11.6. The first-order chi connectivity index (χ1) is 19.6. The van der Waals surface area contributed by atoms with Crippen LogP contribution in [0.4, 0.5) is 4.79 Å². The van der Waals surface area contributed by atoms with Gasteiger partial charge in [0.05, 0.1) is 6.61 Å². The molecule has 4 N–H and O–H groups in total. The molecule has 40 heavy (non-hydrogen) atoms. The Labute approximate surface area is 231 Å². The van der Waals surface area contributed by atoms with Crippen molar-refractivity contribution in [2.24, 2.45) is 0 Å². The summed E-state index contributed by atoms with van der Waals surface area (Å²) in [6.45, 7) is 0.912. The molecule has 4 rings (SSSR count). The number of fused-ring (bicyclic) bond motifs is 1. The van der Waals surface area contributed by atoms with Gasteiger partial charge in [-0.25, -0.2) is 4.79 Å². The molecular formula is C28H33N7O5. The Hall–Kier alpha value is -4.74. The summed E-state index contributed by atoms with van der Waals surface area (Å²) in [6.07, 6.45) is 3.32. The Kier molecular flexibility index (Phi) is 10.6. The van der Waals surface area contributed by atoms with Crippen molar-refractivity contribution in [1.29, 1.82) is 0 Å². The van der Waals surface area contributed by atoms with Crippen LogP contribution in [-0.2, 0) is 22.5 Å². The van der Waals surface area contributed by atoms with Crippen molar-refractivity contribution >= 4 is 28.9 Å². The van der Waals surface area contributed by atoms with Gasteiger partial charge in [-0.2, -0.15) is 5.21 Å². The number of alkyl carbamates (subject to hydrolysis) is 1. The quantitative estimate of drug-likeness (QED) is 0.165. The Morgan fingerprint density at radius 2 is 1.77 bits per heavy atom. The number of aryl methyl sites for hydroxylation is 1. The van der Waals surface area contributed by atoms with Crippen LogP contribution < -0.4 is 16.0 Å². The number of unbranched alkanes of at least 4 members (excludes halogenated alkanes) is 2. The molecule has 2 aromatic heterocycles. The number of tetrazole rings is 1. The van der Waals surface area contributed by atoms with Crippen LogP contribution in [0.5, 0.6) is 0 Å². The number of rotatable bonds is 15. The fourth-order valence-electron chi connectivity index (χ4n) is 4.07. The maximum atomic E-state index is 13.0. The van der Waals surface area contributed by atoms with E-state index in [-0.39, 0.29) is 24.7 Å². The molecule has 2 heterocycles. The Morgan fingerprint density at radius 3 is 2.58 bits per heavy atom. The van der Waals surface area contributed by atoms with E-state index in [1.54, 1.807) is 12.1 Å². The lowest BCUT2D eigenvalue weighted by Crippen LogP contribution is -2.47. The number of carbonyl (C=O) groups excluding carboxylic acids is 3. The minimum Gasteiger partial charge on any atom is -0.451 e. The number of H-pyrrole nitrogens is 1. The van der Waals surface area contributed by atoms with Crippen LogP contribution in [0.2, 0.25) is 0 Å². The van der Waals surface area contributed by atoms with E-state index in [0.717, 1.165) is 30.2 Å². The molecule has 3 amide bonds. The second-order valence-corrected chi connectivity index (χ2v) is 9.22. The molecule has 210 valence electrons. The highest BCUT2D eigenvalue weighted by atomic mass is 16.5. The average Bonchev–Trinajstić information content (AvgIpc) is 3.66. The van der Waals surface area contributed by atoms with E-state index in [1.165, 1.54) is 0 Å². The van der Waals surface area contributed by atoms with Crippen molar-refractivity contribution in [2.45, 2.75) is 51.1 Å². The van der Waals surface area contributed by atoms with E-state index in [1.807, 2.05) is 48.5 Å². The van der Waals surface area contributed by atoms with Crippen molar-refractivity contribution < 1.29 is 23.5 Å². The van der Waals surface area contributed by atoms with E-state index >= 15 is 0 Å². The maximum absolute atomic E-state index is 13.0. The predicted octanol–water partition coefficient (Wildman–Crippen LogP) is 3.28. The molecule has 0 bridgehead atoms. The molecule has 0 saturated heterocycles. The van der Waals surface area contributed by atoms with Gasteiger partial charge in [-0.1, -0.05) is 60.2 Å². The van der Waals surface area contributed by atoms with Gasteiger partial charge in [0.15, 0.2) is 11.6 Å². The first-order valence-electron chi connectivity index (χ1n) is 13.3. The van der Waals surface area contributed by atoms with Gasteiger partial charge in [-0.15, -0.1) is 10.2 Å². The van der Waals surface area contributed by atoms with Crippen LogP contribution in [-0.4, -0.2) is 57.7 Å². The second kappa shape index (κ2) is 15.0. The van der Waals surface area contributed by atoms with Crippen LogP contribution in [0.15, 0.2) is 65.1 Å². The summed E-state index contributed by atoms with van der Waals surface area (Å²) < 4.78 is 10.9. The van der Waals surface area contributed by atoms with Crippen LogP contribution in [0.25, 0.3) is 11.0 Å². The van der Waals surface area contributed by atoms with Crippen molar-refractivity contribution in [3.05, 3.63) is 77.8 Å². The standard InChI is InChI=1S/C28H33N7O5/c36-26(29-16-8-2-5-15-25-32-34-35-33-25)22(31-27(37)24-18-21-12-6-7-14-23(21)40-24)13-9-17-39-28(38)30-19-20-10-3-1-4-11-20/h1,3-4,6-7,10-12,14,18,22H,2,5,8-9,13,15-17,19H2,(H,29,36)(H,30,38)(H,31,37)(H,32,33,34,35)/t22-/m0/s1. The third-order valence-electron chi connectivity index (χ3n) is 6.19. The number of hydrogen-bond donors (Lipinski definition) is 4. The monoisotopic (exact) mass is 547 g/mol. The van der Waals surface area contributed by atoms with Gasteiger partial charge in [0.2, 0.25) is 5.91 Å². The van der Waals surface area contributed by atoms with Crippen molar-refractivity contribution in [2.75, 3.05) is 13.2 Å². The van der Waals surface area contributed by atoms with Gasteiger partial charge in [-0.05, 0) is 43.4 Å². The van der Waals surface area contributed by atoms with Crippen LogP contribution in [0.3, 0.4) is 0 Å². The number of nitrogens with zero attached hydrogens (tertiary/aromatic N) is 3. The third kappa shape index (κ3) is 8.93. The minimum absolute atomic E-state index is 0.0982. The lowest BCUT2D eigenvalue weighted by molar-refractivity contribution is -0.123. The van der Waals surface area contributed by atoms with Crippen LogP contribution in [0.1, 0.15) is 54.0 Å². The molecule has 0 radical (unpaired) electrons. The number of para-hydroxylation sites is 1. The topological polar surface area (TPSA) is 164 Å². The fraction of sp³-hybridized carbons (Fsp3) is 0.357. The van der Waals surface area contributed by atoms with Gasteiger partial charge in [0.1, 0.15) is 11.6 Å². The number of furan rings is 1. The SMILES string of the molecule is O=C(NCc1ccccc1)OCCC[C@H](NC(=O)c1cc2ccccc2o1)C(=O)NCCCCCc1nn[nH]n1. The van der Waals surface area contributed by atoms with E-state index in [2.05, 4.69) is 36.6 Å². The lowest BCUT2D eigenvalue weighted by atomic mass is 10.1. The Balaban J connectivity index is 1.23. The zero-order chi connectivity index (χ0) is 28.0. The highest BCUT2D eigenvalue weighted by Crippen LogP contribution is 2.19. The minimum atomic E-state index is -0.823. The van der Waals surface area contributed by atoms with Gasteiger partial charge < -0.3 is 25.1 Å². The average molecular weight is 548 g/mol.